The first-order valence-corrected chi connectivity index (χ1v) is 12.0. The van der Waals surface area contributed by atoms with Crippen molar-refractivity contribution in [2.24, 2.45) is 0 Å². The predicted octanol–water partition coefficient (Wildman–Crippen LogP) is 9.74. The van der Waals surface area contributed by atoms with E-state index in [1.807, 2.05) is 0 Å². The van der Waals surface area contributed by atoms with E-state index in [0.717, 1.165) is 22.6 Å². The van der Waals surface area contributed by atoms with Crippen LogP contribution in [0.4, 0.5) is 0 Å². The summed E-state index contributed by atoms with van der Waals surface area (Å²) in [7, 11) is 0. The van der Waals surface area contributed by atoms with Crippen LogP contribution >= 0.6 is 0 Å². The highest BCUT2D eigenvalue weighted by Crippen LogP contribution is 2.52. The molecule has 0 unspecified atom stereocenters. The van der Waals surface area contributed by atoms with Crippen molar-refractivity contribution in [2.75, 3.05) is 0 Å². The Bertz CT molecular complexity index is 1970. The minimum absolute atomic E-state index is 0.924. The molecule has 0 amide bonds. The maximum absolute atomic E-state index is 6.72. The Labute approximate surface area is 202 Å². The van der Waals surface area contributed by atoms with E-state index in [2.05, 4.69) is 121 Å². The zero-order valence-electron chi connectivity index (χ0n) is 19.0. The number of hydrogen-bond donors (Lipinski definition) is 0. The highest BCUT2D eigenvalue weighted by molar-refractivity contribution is 6.21. The fourth-order valence-corrected chi connectivity index (χ4v) is 5.89. The molecule has 0 aromatic heterocycles. The van der Waals surface area contributed by atoms with E-state index in [-0.39, 0.29) is 0 Å². The third-order valence-electron chi connectivity index (χ3n) is 7.42. The normalized spacial score (nSPS) is 12.2. The summed E-state index contributed by atoms with van der Waals surface area (Å²) in [5, 5.41) is 9.92. The largest absolute Gasteiger partial charge is 0.455 e. The molecule has 0 radical (unpaired) electrons. The van der Waals surface area contributed by atoms with Crippen LogP contribution < -0.4 is 4.74 Å². The summed E-state index contributed by atoms with van der Waals surface area (Å²) in [6.45, 7) is 0. The van der Waals surface area contributed by atoms with E-state index < -0.39 is 0 Å². The molecule has 0 fully saturated rings. The molecule has 0 saturated heterocycles. The van der Waals surface area contributed by atoms with Gasteiger partial charge in [-0.1, -0.05) is 109 Å². The molecule has 7 aromatic rings. The maximum atomic E-state index is 6.72. The van der Waals surface area contributed by atoms with Crippen LogP contribution in [-0.2, 0) is 0 Å². The zero-order valence-corrected chi connectivity index (χ0v) is 19.0. The summed E-state index contributed by atoms with van der Waals surface area (Å²) in [5.41, 5.74) is 4.74. The van der Waals surface area contributed by atoms with Crippen molar-refractivity contribution in [1.29, 1.82) is 0 Å². The van der Waals surface area contributed by atoms with E-state index >= 15 is 0 Å². The molecule has 1 aliphatic rings. The Hall–Kier alpha value is -4.62. The lowest BCUT2D eigenvalue weighted by Gasteiger charge is -2.24. The van der Waals surface area contributed by atoms with E-state index in [4.69, 9.17) is 4.74 Å². The molecule has 0 saturated carbocycles. The SMILES string of the molecule is c1cc(-c2c3ccccc3cc3c2ccc2ccccc23)c2c(c1)-c1cccc3cccc(c13)O2. The molecule has 1 heterocycles. The van der Waals surface area contributed by atoms with Gasteiger partial charge in [0.15, 0.2) is 0 Å². The van der Waals surface area contributed by atoms with Gasteiger partial charge in [0.1, 0.15) is 11.5 Å². The molecule has 0 spiro atoms. The maximum Gasteiger partial charge on any atom is 0.143 e. The van der Waals surface area contributed by atoms with Gasteiger partial charge in [-0.15, -0.1) is 0 Å². The number of benzene rings is 7. The topological polar surface area (TPSA) is 9.23 Å². The Morgan fingerprint density at radius 3 is 2.00 bits per heavy atom. The average molecular weight is 445 g/mol. The second-order valence-corrected chi connectivity index (χ2v) is 9.30. The van der Waals surface area contributed by atoms with Gasteiger partial charge >= 0.3 is 0 Å². The molecule has 1 aliphatic heterocycles. The van der Waals surface area contributed by atoms with Crippen LogP contribution in [0.1, 0.15) is 0 Å². The van der Waals surface area contributed by atoms with Crippen molar-refractivity contribution in [3.8, 4) is 33.8 Å². The number of fused-ring (bicyclic) bond motifs is 6. The molecule has 7 aromatic carbocycles. The lowest BCUT2D eigenvalue weighted by atomic mass is 9.86. The van der Waals surface area contributed by atoms with Gasteiger partial charge in [0, 0.05) is 22.1 Å². The van der Waals surface area contributed by atoms with Crippen molar-refractivity contribution in [3.05, 3.63) is 121 Å². The van der Waals surface area contributed by atoms with Gasteiger partial charge in [-0.25, -0.2) is 0 Å². The first kappa shape index (κ1) is 18.8. The number of rotatable bonds is 1. The monoisotopic (exact) mass is 444 g/mol. The third-order valence-corrected chi connectivity index (χ3v) is 7.42. The molecular weight excluding hydrogens is 424 g/mol. The first-order valence-electron chi connectivity index (χ1n) is 12.0. The molecule has 162 valence electrons. The smallest absolute Gasteiger partial charge is 0.143 e. The number of hydrogen-bond acceptors (Lipinski definition) is 1. The molecule has 1 nitrogen and oxygen atoms in total. The Kier molecular flexibility index (Phi) is 3.72. The van der Waals surface area contributed by atoms with E-state index in [1.165, 1.54) is 54.2 Å². The second-order valence-electron chi connectivity index (χ2n) is 9.30. The number of para-hydroxylation sites is 1. The molecule has 0 N–H and O–H groups in total. The van der Waals surface area contributed by atoms with E-state index in [9.17, 15) is 0 Å². The molecule has 0 aliphatic carbocycles. The van der Waals surface area contributed by atoms with Crippen LogP contribution in [-0.4, -0.2) is 0 Å². The minimum atomic E-state index is 0.924. The fourth-order valence-electron chi connectivity index (χ4n) is 5.89. The van der Waals surface area contributed by atoms with Crippen molar-refractivity contribution in [2.45, 2.75) is 0 Å². The highest BCUT2D eigenvalue weighted by atomic mass is 16.5. The standard InChI is InChI=1S/C34H20O/c1-3-12-24-21(8-1)18-19-27-30(24)20-23-9-2-4-13-25(23)33(27)29-16-7-15-28-26-14-5-10-22-11-6-17-31(32(22)26)35-34(28)29/h1-20H. The Morgan fingerprint density at radius 2 is 1.09 bits per heavy atom. The van der Waals surface area contributed by atoms with Crippen LogP contribution in [0, 0.1) is 0 Å². The van der Waals surface area contributed by atoms with Gasteiger partial charge in [0.2, 0.25) is 0 Å². The molecule has 8 rings (SSSR count). The van der Waals surface area contributed by atoms with Crippen molar-refractivity contribution >= 4 is 43.1 Å². The highest BCUT2D eigenvalue weighted by Gasteiger charge is 2.24. The van der Waals surface area contributed by atoms with Crippen LogP contribution in [0.3, 0.4) is 0 Å². The Morgan fingerprint density at radius 1 is 0.400 bits per heavy atom. The van der Waals surface area contributed by atoms with Gasteiger partial charge in [0.25, 0.3) is 0 Å². The van der Waals surface area contributed by atoms with Gasteiger partial charge in [-0.3, -0.25) is 0 Å². The summed E-state index contributed by atoms with van der Waals surface area (Å²) in [4.78, 5) is 0. The summed E-state index contributed by atoms with van der Waals surface area (Å²) >= 11 is 0. The molecular formula is C34H20O. The lowest BCUT2D eigenvalue weighted by molar-refractivity contribution is 0.489. The second kappa shape index (κ2) is 6.94. The van der Waals surface area contributed by atoms with Crippen LogP contribution in [0.15, 0.2) is 121 Å². The first-order chi connectivity index (χ1) is 17.4. The van der Waals surface area contributed by atoms with E-state index in [1.54, 1.807) is 0 Å². The lowest BCUT2D eigenvalue weighted by Crippen LogP contribution is -1.99. The van der Waals surface area contributed by atoms with Crippen molar-refractivity contribution in [1.82, 2.24) is 0 Å². The summed E-state index contributed by atoms with van der Waals surface area (Å²) < 4.78 is 6.72. The molecule has 0 bridgehead atoms. The van der Waals surface area contributed by atoms with Crippen LogP contribution in [0.2, 0.25) is 0 Å². The predicted molar refractivity (Wildman–Crippen MR) is 147 cm³/mol. The van der Waals surface area contributed by atoms with Gasteiger partial charge in [0.05, 0.1) is 0 Å². The third kappa shape index (κ3) is 2.58. The van der Waals surface area contributed by atoms with Crippen LogP contribution in [0.25, 0.3) is 65.3 Å². The zero-order chi connectivity index (χ0) is 22.9. The summed E-state index contributed by atoms with van der Waals surface area (Å²) in [5.74, 6) is 1.86. The summed E-state index contributed by atoms with van der Waals surface area (Å²) in [6.07, 6.45) is 0. The van der Waals surface area contributed by atoms with Gasteiger partial charge in [-0.05, 0) is 55.4 Å². The molecule has 1 heteroatoms. The number of ether oxygens (including phenoxy) is 1. The minimum Gasteiger partial charge on any atom is -0.455 e. The summed E-state index contributed by atoms with van der Waals surface area (Å²) in [6, 6.07) is 43.6. The average Bonchev–Trinajstić information content (AvgIpc) is 2.92. The molecule has 35 heavy (non-hydrogen) atoms. The van der Waals surface area contributed by atoms with Crippen LogP contribution in [0.5, 0.6) is 11.5 Å². The van der Waals surface area contributed by atoms with Crippen molar-refractivity contribution in [3.63, 3.8) is 0 Å². The van der Waals surface area contributed by atoms with Gasteiger partial charge in [-0.2, -0.15) is 0 Å². The molecule has 0 atom stereocenters. The van der Waals surface area contributed by atoms with Gasteiger partial charge < -0.3 is 4.74 Å². The fraction of sp³-hybridized carbons (Fsp3) is 0. The van der Waals surface area contributed by atoms with E-state index in [0.29, 0.717) is 0 Å². The van der Waals surface area contributed by atoms with Crippen molar-refractivity contribution < 1.29 is 4.74 Å². The Balaban J connectivity index is 1.53. The quantitative estimate of drug-likeness (QED) is 0.181.